The van der Waals surface area contributed by atoms with Crippen molar-refractivity contribution in [3.8, 4) is 0 Å². The molecule has 0 fully saturated rings. The standard InChI is InChI=1S/C19H23N3O3/c1-4-6-9-21(5-2)17(23)12-22-18-14-10-13(3)7-8-16(14)25-19(24)15(18)11-20-22/h7-8,10-11H,4-6,9,12H2,1-3H3. The van der Waals surface area contributed by atoms with E-state index >= 15 is 0 Å². The molecule has 3 rings (SSSR count). The van der Waals surface area contributed by atoms with Crippen LogP contribution in [-0.4, -0.2) is 33.7 Å². The Labute approximate surface area is 146 Å². The fourth-order valence-electron chi connectivity index (χ4n) is 3.05. The lowest BCUT2D eigenvalue weighted by Crippen LogP contribution is -2.34. The molecule has 0 spiro atoms. The summed E-state index contributed by atoms with van der Waals surface area (Å²) in [6.07, 6.45) is 3.50. The van der Waals surface area contributed by atoms with E-state index in [1.165, 1.54) is 6.20 Å². The third-order valence-corrected chi connectivity index (χ3v) is 4.45. The van der Waals surface area contributed by atoms with Crippen molar-refractivity contribution in [2.24, 2.45) is 0 Å². The molecule has 0 saturated heterocycles. The lowest BCUT2D eigenvalue weighted by molar-refractivity contribution is -0.131. The second-order valence-corrected chi connectivity index (χ2v) is 6.28. The minimum atomic E-state index is -0.427. The van der Waals surface area contributed by atoms with Crippen molar-refractivity contribution in [2.75, 3.05) is 13.1 Å². The number of hydrogen-bond donors (Lipinski definition) is 0. The number of hydrogen-bond acceptors (Lipinski definition) is 4. The molecule has 3 aromatic rings. The van der Waals surface area contributed by atoms with Gasteiger partial charge in [0, 0.05) is 18.5 Å². The first-order valence-electron chi connectivity index (χ1n) is 8.72. The Balaban J connectivity index is 2.05. The SMILES string of the molecule is CCCCN(CC)C(=O)Cn1ncc2c(=O)oc3ccc(C)cc3c21. The molecule has 2 heterocycles. The van der Waals surface area contributed by atoms with Gasteiger partial charge in [-0.3, -0.25) is 9.48 Å². The van der Waals surface area contributed by atoms with Gasteiger partial charge in [0.05, 0.1) is 11.7 Å². The van der Waals surface area contributed by atoms with Crippen molar-refractivity contribution in [1.29, 1.82) is 0 Å². The zero-order valence-corrected chi connectivity index (χ0v) is 14.9. The first kappa shape index (κ1) is 17.2. The van der Waals surface area contributed by atoms with Gasteiger partial charge in [-0.25, -0.2) is 4.79 Å². The lowest BCUT2D eigenvalue weighted by Gasteiger charge is -2.20. The smallest absolute Gasteiger partial charge is 0.347 e. The molecule has 6 nitrogen and oxygen atoms in total. The highest BCUT2D eigenvalue weighted by Gasteiger charge is 2.17. The van der Waals surface area contributed by atoms with E-state index in [9.17, 15) is 9.59 Å². The molecule has 0 unspecified atom stereocenters. The zero-order chi connectivity index (χ0) is 18.0. The first-order valence-corrected chi connectivity index (χ1v) is 8.72. The molecule has 0 aliphatic heterocycles. The van der Waals surface area contributed by atoms with Crippen LogP contribution in [0.25, 0.3) is 21.9 Å². The van der Waals surface area contributed by atoms with Gasteiger partial charge in [-0.1, -0.05) is 25.0 Å². The van der Waals surface area contributed by atoms with Crippen molar-refractivity contribution in [1.82, 2.24) is 14.7 Å². The normalized spacial score (nSPS) is 11.3. The maximum absolute atomic E-state index is 12.6. The summed E-state index contributed by atoms with van der Waals surface area (Å²) >= 11 is 0. The molecule has 1 amide bonds. The highest BCUT2D eigenvalue weighted by Crippen LogP contribution is 2.23. The largest absolute Gasteiger partial charge is 0.422 e. The summed E-state index contributed by atoms with van der Waals surface area (Å²) < 4.78 is 6.98. The van der Waals surface area contributed by atoms with E-state index in [2.05, 4.69) is 12.0 Å². The van der Waals surface area contributed by atoms with Gasteiger partial charge in [0.1, 0.15) is 17.5 Å². The minimum absolute atomic E-state index is 0.00925. The van der Waals surface area contributed by atoms with Crippen molar-refractivity contribution in [2.45, 2.75) is 40.2 Å². The van der Waals surface area contributed by atoms with Crippen molar-refractivity contribution in [3.63, 3.8) is 0 Å². The number of nitrogens with zero attached hydrogens (tertiary/aromatic N) is 3. The predicted octanol–water partition coefficient (Wildman–Crippen LogP) is 3.10. The summed E-state index contributed by atoms with van der Waals surface area (Å²) in [6, 6.07) is 5.63. The number of aromatic nitrogens is 2. The number of rotatable bonds is 6. The number of carbonyl (C=O) groups excluding carboxylic acids is 1. The number of fused-ring (bicyclic) bond motifs is 3. The molecule has 0 bridgehead atoms. The lowest BCUT2D eigenvalue weighted by atomic mass is 10.1. The molecule has 0 aliphatic rings. The highest BCUT2D eigenvalue weighted by molar-refractivity contribution is 6.02. The first-order chi connectivity index (χ1) is 12.0. The Bertz CT molecular complexity index is 971. The molecule has 0 saturated carbocycles. The van der Waals surface area contributed by atoms with Gasteiger partial charge in [0.15, 0.2) is 0 Å². The molecule has 132 valence electrons. The molecule has 0 atom stereocenters. The summed E-state index contributed by atoms with van der Waals surface area (Å²) in [5, 5.41) is 5.49. The molecule has 25 heavy (non-hydrogen) atoms. The van der Waals surface area contributed by atoms with Crippen LogP contribution in [-0.2, 0) is 11.3 Å². The molecule has 2 aromatic heterocycles. The maximum atomic E-state index is 12.6. The van der Waals surface area contributed by atoms with E-state index in [1.54, 1.807) is 10.7 Å². The Kier molecular flexibility index (Phi) is 4.88. The van der Waals surface area contributed by atoms with Crippen LogP contribution in [0.4, 0.5) is 0 Å². The van der Waals surface area contributed by atoms with Crippen molar-refractivity contribution >= 4 is 27.8 Å². The Hall–Kier alpha value is -2.63. The number of carbonyl (C=O) groups is 1. The van der Waals surface area contributed by atoms with E-state index in [0.29, 0.717) is 23.0 Å². The topological polar surface area (TPSA) is 68.3 Å². The van der Waals surface area contributed by atoms with Crippen LogP contribution in [0, 0.1) is 6.92 Å². The Morgan fingerprint density at radius 3 is 2.80 bits per heavy atom. The molecule has 6 heteroatoms. The second-order valence-electron chi connectivity index (χ2n) is 6.28. The van der Waals surface area contributed by atoms with Gasteiger partial charge < -0.3 is 9.32 Å². The highest BCUT2D eigenvalue weighted by atomic mass is 16.4. The van der Waals surface area contributed by atoms with Crippen molar-refractivity contribution < 1.29 is 9.21 Å². The van der Waals surface area contributed by atoms with Crippen LogP contribution in [0.1, 0.15) is 32.3 Å². The molecule has 0 radical (unpaired) electrons. The fraction of sp³-hybridized carbons (Fsp3) is 0.421. The van der Waals surface area contributed by atoms with Crippen LogP contribution < -0.4 is 5.63 Å². The van der Waals surface area contributed by atoms with E-state index in [-0.39, 0.29) is 12.5 Å². The van der Waals surface area contributed by atoms with E-state index in [0.717, 1.165) is 30.3 Å². The summed E-state index contributed by atoms with van der Waals surface area (Å²) in [5.41, 5.74) is 1.80. The summed E-state index contributed by atoms with van der Waals surface area (Å²) in [6.45, 7) is 7.58. The van der Waals surface area contributed by atoms with Crippen LogP contribution >= 0.6 is 0 Å². The van der Waals surface area contributed by atoms with E-state index < -0.39 is 5.63 Å². The average molecular weight is 341 g/mol. The molecular weight excluding hydrogens is 318 g/mol. The van der Waals surface area contributed by atoms with Gasteiger partial charge in [-0.2, -0.15) is 5.10 Å². The molecule has 0 N–H and O–H groups in total. The van der Waals surface area contributed by atoms with Crippen LogP contribution in [0.5, 0.6) is 0 Å². The molecular formula is C19H23N3O3. The number of likely N-dealkylation sites (N-methyl/N-ethyl adjacent to an activating group) is 1. The average Bonchev–Trinajstić information content (AvgIpc) is 3.01. The molecule has 0 aliphatic carbocycles. The maximum Gasteiger partial charge on any atom is 0.347 e. The summed E-state index contributed by atoms with van der Waals surface area (Å²) in [7, 11) is 0. The van der Waals surface area contributed by atoms with Crippen LogP contribution in [0.2, 0.25) is 0 Å². The minimum Gasteiger partial charge on any atom is -0.422 e. The summed E-state index contributed by atoms with van der Waals surface area (Å²) in [5.74, 6) is 0.00925. The van der Waals surface area contributed by atoms with Crippen LogP contribution in [0.3, 0.4) is 0 Å². The third-order valence-electron chi connectivity index (χ3n) is 4.45. The van der Waals surface area contributed by atoms with Gasteiger partial charge in [-0.05, 0) is 32.4 Å². The fourth-order valence-corrected chi connectivity index (χ4v) is 3.05. The van der Waals surface area contributed by atoms with Gasteiger partial charge >= 0.3 is 5.63 Å². The van der Waals surface area contributed by atoms with Crippen LogP contribution in [0.15, 0.2) is 33.6 Å². The monoisotopic (exact) mass is 341 g/mol. The predicted molar refractivity (Wildman–Crippen MR) is 97.7 cm³/mol. The van der Waals surface area contributed by atoms with Gasteiger partial charge in [0.25, 0.3) is 0 Å². The quantitative estimate of drug-likeness (QED) is 0.646. The number of aryl methyl sites for hydroxylation is 1. The summed E-state index contributed by atoms with van der Waals surface area (Å²) in [4.78, 5) is 26.7. The third kappa shape index (κ3) is 3.29. The Morgan fingerprint density at radius 1 is 1.28 bits per heavy atom. The van der Waals surface area contributed by atoms with E-state index in [1.807, 2.05) is 30.9 Å². The number of amides is 1. The van der Waals surface area contributed by atoms with Gasteiger partial charge in [0.2, 0.25) is 5.91 Å². The van der Waals surface area contributed by atoms with Crippen molar-refractivity contribution in [3.05, 3.63) is 40.4 Å². The van der Waals surface area contributed by atoms with Gasteiger partial charge in [-0.15, -0.1) is 0 Å². The second kappa shape index (κ2) is 7.09. The zero-order valence-electron chi connectivity index (χ0n) is 14.9. The van der Waals surface area contributed by atoms with E-state index in [4.69, 9.17) is 4.42 Å². The number of unbranched alkanes of at least 4 members (excludes halogenated alkanes) is 1. The Morgan fingerprint density at radius 2 is 2.08 bits per heavy atom. The molecule has 1 aromatic carbocycles. The number of benzene rings is 1.